The number of amides is 1. The minimum absolute atomic E-state index is 0.00539. The molecule has 27 heavy (non-hydrogen) atoms. The predicted molar refractivity (Wildman–Crippen MR) is 94.6 cm³/mol. The van der Waals surface area contributed by atoms with Gasteiger partial charge in [-0.25, -0.2) is 13.2 Å². The Morgan fingerprint density at radius 3 is 2.70 bits per heavy atom. The Morgan fingerprint density at radius 2 is 2.04 bits per heavy atom. The normalized spacial score (nSPS) is 15.0. The first-order valence-corrected chi connectivity index (χ1v) is 9.86. The Morgan fingerprint density at radius 1 is 1.33 bits per heavy atom. The molecule has 1 amide bonds. The minimum Gasteiger partial charge on any atom is -0.452 e. The highest BCUT2D eigenvalue weighted by Gasteiger charge is 2.28. The summed E-state index contributed by atoms with van der Waals surface area (Å²) in [7, 11) is -3.80. The second-order valence-corrected chi connectivity index (χ2v) is 7.84. The van der Waals surface area contributed by atoms with Crippen molar-refractivity contribution in [1.82, 2.24) is 9.62 Å². The van der Waals surface area contributed by atoms with Crippen LogP contribution in [0.4, 0.5) is 0 Å². The van der Waals surface area contributed by atoms with Crippen LogP contribution < -0.4 is 5.32 Å². The fourth-order valence-corrected chi connectivity index (χ4v) is 3.90. The van der Waals surface area contributed by atoms with Crippen molar-refractivity contribution in [1.29, 1.82) is 5.26 Å². The van der Waals surface area contributed by atoms with Gasteiger partial charge in [0.2, 0.25) is 10.0 Å². The highest BCUT2D eigenvalue weighted by atomic mass is 35.5. The van der Waals surface area contributed by atoms with E-state index < -0.39 is 28.5 Å². The number of nitrogens with zero attached hydrogens (tertiary/aromatic N) is 2. The molecular formula is C16H18ClN3O6S. The van der Waals surface area contributed by atoms with Crippen LogP contribution in [-0.2, 0) is 24.3 Å². The third kappa shape index (κ3) is 5.64. The molecule has 0 atom stereocenters. The van der Waals surface area contributed by atoms with Gasteiger partial charge in [-0.2, -0.15) is 9.57 Å². The van der Waals surface area contributed by atoms with Crippen LogP contribution in [0, 0.1) is 11.3 Å². The molecule has 1 heterocycles. The Hall–Kier alpha value is -2.19. The van der Waals surface area contributed by atoms with Crippen LogP contribution >= 0.6 is 11.6 Å². The Kier molecular flexibility index (Phi) is 7.55. The van der Waals surface area contributed by atoms with E-state index in [4.69, 9.17) is 26.3 Å². The van der Waals surface area contributed by atoms with Crippen LogP contribution in [0.1, 0.15) is 16.8 Å². The summed E-state index contributed by atoms with van der Waals surface area (Å²) in [5.41, 5.74) is -0.157. The number of rotatable bonds is 7. The van der Waals surface area contributed by atoms with Crippen molar-refractivity contribution in [2.75, 3.05) is 39.5 Å². The van der Waals surface area contributed by atoms with Gasteiger partial charge in [0.1, 0.15) is 0 Å². The summed E-state index contributed by atoms with van der Waals surface area (Å²) < 4.78 is 36.6. The summed E-state index contributed by atoms with van der Waals surface area (Å²) >= 11 is 5.98. The van der Waals surface area contributed by atoms with Crippen LogP contribution in [0.15, 0.2) is 23.1 Å². The molecule has 146 valence electrons. The summed E-state index contributed by atoms with van der Waals surface area (Å²) in [4.78, 5) is 23.6. The van der Waals surface area contributed by atoms with Gasteiger partial charge in [-0.05, 0) is 18.2 Å². The van der Waals surface area contributed by atoms with Crippen molar-refractivity contribution in [3.63, 3.8) is 0 Å². The van der Waals surface area contributed by atoms with Crippen LogP contribution in [-0.4, -0.2) is 64.1 Å². The molecule has 1 N–H and O–H groups in total. The molecule has 1 fully saturated rings. The van der Waals surface area contributed by atoms with Gasteiger partial charge >= 0.3 is 5.97 Å². The van der Waals surface area contributed by atoms with Crippen molar-refractivity contribution < 1.29 is 27.5 Å². The number of nitrogens with one attached hydrogen (secondary N) is 1. The Balaban J connectivity index is 2.09. The van der Waals surface area contributed by atoms with Crippen LogP contribution in [0.5, 0.6) is 0 Å². The van der Waals surface area contributed by atoms with Crippen LogP contribution in [0.3, 0.4) is 0 Å². The maximum absolute atomic E-state index is 12.7. The molecule has 2 rings (SSSR count). The summed E-state index contributed by atoms with van der Waals surface area (Å²) in [5.74, 6) is -1.50. The van der Waals surface area contributed by atoms with E-state index in [-0.39, 0.29) is 41.5 Å². The standard InChI is InChI=1S/C16H18ClN3O6S/c17-14-3-2-12(27(23,24)20-6-8-25-9-7-20)10-13(14)16(22)26-11-15(21)19-5-1-4-18/h2-3,10H,1,5-9,11H2,(H,19,21). The van der Waals surface area contributed by atoms with Crippen molar-refractivity contribution in [2.24, 2.45) is 0 Å². The van der Waals surface area contributed by atoms with E-state index in [1.807, 2.05) is 6.07 Å². The lowest BCUT2D eigenvalue weighted by Gasteiger charge is -2.26. The molecule has 1 saturated heterocycles. The van der Waals surface area contributed by atoms with Gasteiger partial charge in [0.15, 0.2) is 6.61 Å². The van der Waals surface area contributed by atoms with Gasteiger partial charge in [0.25, 0.3) is 5.91 Å². The maximum Gasteiger partial charge on any atom is 0.340 e. The molecule has 9 nitrogen and oxygen atoms in total. The van der Waals surface area contributed by atoms with Gasteiger partial charge < -0.3 is 14.8 Å². The summed E-state index contributed by atoms with van der Waals surface area (Å²) in [5, 5.41) is 10.8. The Labute approximate surface area is 161 Å². The molecular weight excluding hydrogens is 398 g/mol. The molecule has 1 aliphatic heterocycles. The second-order valence-electron chi connectivity index (χ2n) is 5.49. The molecule has 11 heteroatoms. The third-order valence-electron chi connectivity index (χ3n) is 3.66. The van der Waals surface area contributed by atoms with E-state index in [1.54, 1.807) is 0 Å². The Bertz CT molecular complexity index is 846. The molecule has 0 radical (unpaired) electrons. The topological polar surface area (TPSA) is 126 Å². The monoisotopic (exact) mass is 415 g/mol. The first-order valence-electron chi connectivity index (χ1n) is 8.04. The van der Waals surface area contributed by atoms with Crippen molar-refractivity contribution in [2.45, 2.75) is 11.3 Å². The average molecular weight is 416 g/mol. The smallest absolute Gasteiger partial charge is 0.340 e. The molecule has 0 spiro atoms. The number of hydrogen-bond acceptors (Lipinski definition) is 7. The van der Waals surface area contributed by atoms with Gasteiger partial charge in [0, 0.05) is 19.6 Å². The fourth-order valence-electron chi connectivity index (χ4n) is 2.27. The van der Waals surface area contributed by atoms with Crippen LogP contribution in [0.2, 0.25) is 5.02 Å². The lowest BCUT2D eigenvalue weighted by atomic mass is 10.2. The number of esters is 1. The van der Waals surface area contributed by atoms with E-state index in [1.165, 1.54) is 16.4 Å². The van der Waals surface area contributed by atoms with E-state index in [2.05, 4.69) is 5.32 Å². The van der Waals surface area contributed by atoms with Crippen molar-refractivity contribution in [3.05, 3.63) is 28.8 Å². The predicted octanol–water partition coefficient (Wildman–Crippen LogP) is 0.548. The number of benzene rings is 1. The fraction of sp³-hybridized carbons (Fsp3) is 0.438. The van der Waals surface area contributed by atoms with E-state index >= 15 is 0 Å². The van der Waals surface area contributed by atoms with E-state index in [9.17, 15) is 18.0 Å². The highest BCUT2D eigenvalue weighted by Crippen LogP contribution is 2.24. The molecule has 0 saturated carbocycles. The number of morpholine rings is 1. The number of halogens is 1. The maximum atomic E-state index is 12.7. The molecule has 1 aliphatic rings. The lowest BCUT2D eigenvalue weighted by Crippen LogP contribution is -2.40. The van der Waals surface area contributed by atoms with Gasteiger partial charge in [0.05, 0.1) is 41.2 Å². The molecule has 0 aliphatic carbocycles. The number of carbonyl (C=O) groups is 2. The van der Waals surface area contributed by atoms with Gasteiger partial charge in [-0.1, -0.05) is 11.6 Å². The second kappa shape index (κ2) is 9.66. The first kappa shape index (κ1) is 21.1. The molecule has 0 aromatic heterocycles. The third-order valence-corrected chi connectivity index (χ3v) is 5.88. The summed E-state index contributed by atoms with van der Waals surface area (Å²) in [6.07, 6.45) is 0.132. The van der Waals surface area contributed by atoms with Crippen LogP contribution in [0.25, 0.3) is 0 Å². The number of sulfonamides is 1. The first-order chi connectivity index (χ1) is 12.9. The highest BCUT2D eigenvalue weighted by molar-refractivity contribution is 7.89. The van der Waals surface area contributed by atoms with Crippen molar-refractivity contribution in [3.8, 4) is 6.07 Å². The summed E-state index contributed by atoms with van der Waals surface area (Å²) in [6, 6.07) is 5.58. The number of carbonyl (C=O) groups excluding carboxylic acids is 2. The van der Waals surface area contributed by atoms with E-state index in [0.29, 0.717) is 13.2 Å². The SMILES string of the molecule is N#CCCNC(=O)COC(=O)c1cc(S(=O)(=O)N2CCOCC2)ccc1Cl. The lowest BCUT2D eigenvalue weighted by molar-refractivity contribution is -0.124. The zero-order valence-electron chi connectivity index (χ0n) is 14.3. The number of nitriles is 1. The quantitative estimate of drug-likeness (QED) is 0.509. The summed E-state index contributed by atoms with van der Waals surface area (Å²) in [6.45, 7) is 0.592. The molecule has 0 unspecified atom stereocenters. The molecule has 1 aromatic carbocycles. The molecule has 1 aromatic rings. The van der Waals surface area contributed by atoms with Gasteiger partial charge in [-0.15, -0.1) is 0 Å². The number of hydrogen-bond donors (Lipinski definition) is 1. The zero-order chi connectivity index (χ0) is 19.9. The largest absolute Gasteiger partial charge is 0.452 e. The number of ether oxygens (including phenoxy) is 2. The van der Waals surface area contributed by atoms with Crippen molar-refractivity contribution >= 4 is 33.5 Å². The minimum atomic E-state index is -3.80. The van der Waals surface area contributed by atoms with Gasteiger partial charge in [-0.3, -0.25) is 4.79 Å². The zero-order valence-corrected chi connectivity index (χ0v) is 15.9. The molecule has 0 bridgehead atoms. The van der Waals surface area contributed by atoms with E-state index in [0.717, 1.165) is 6.07 Å². The average Bonchev–Trinajstić information content (AvgIpc) is 2.67.